The van der Waals surface area contributed by atoms with E-state index >= 15 is 0 Å². The van der Waals surface area contributed by atoms with Crippen LogP contribution in [0.15, 0.2) is 16.8 Å². The van der Waals surface area contributed by atoms with Crippen molar-refractivity contribution in [1.29, 1.82) is 0 Å². The van der Waals surface area contributed by atoms with Crippen LogP contribution in [0.3, 0.4) is 0 Å². The molecule has 1 rings (SSSR count). The van der Waals surface area contributed by atoms with Gasteiger partial charge in [-0.1, -0.05) is 0 Å². The Morgan fingerprint density at radius 2 is 2.54 bits per heavy atom. The lowest BCUT2D eigenvalue weighted by Gasteiger charge is -2.13. The van der Waals surface area contributed by atoms with Gasteiger partial charge in [-0.3, -0.25) is 11.3 Å². The quantitative estimate of drug-likeness (QED) is 0.326. The predicted molar refractivity (Wildman–Crippen MR) is 57.1 cm³/mol. The normalized spacial score (nSPS) is 12.3. The van der Waals surface area contributed by atoms with Gasteiger partial charge in [0.25, 0.3) is 0 Å². The van der Waals surface area contributed by atoms with Crippen LogP contribution < -0.4 is 11.3 Å². The monoisotopic (exact) mass is 194 g/mol. The molecular weight excluding hydrogens is 180 g/mol. The molecule has 1 unspecified atom stereocenters. The van der Waals surface area contributed by atoms with Crippen molar-refractivity contribution in [1.82, 2.24) is 5.43 Å². The highest BCUT2D eigenvalue weighted by molar-refractivity contribution is 7.07. The average molecular weight is 194 g/mol. The number of hydrazine groups is 1. The maximum Gasteiger partial charge on any atom is 0.0468 e. The second-order valence-corrected chi connectivity index (χ2v) is 3.65. The Kier molecular flexibility index (Phi) is 4.55. The Labute approximate surface area is 83.1 Å². The third-order valence-electron chi connectivity index (χ3n) is 1.96. The molecule has 0 radical (unpaired) electrons. The zero-order valence-corrected chi connectivity index (χ0v) is 8.31. The van der Waals surface area contributed by atoms with Crippen molar-refractivity contribution in [2.75, 3.05) is 0 Å². The van der Waals surface area contributed by atoms with E-state index < -0.39 is 0 Å². The summed E-state index contributed by atoms with van der Waals surface area (Å²) in [5.41, 5.74) is 4.06. The highest BCUT2D eigenvalue weighted by Crippen LogP contribution is 2.20. The molecule has 0 saturated carbocycles. The molecule has 1 heterocycles. The van der Waals surface area contributed by atoms with E-state index in [2.05, 4.69) is 28.2 Å². The molecule has 0 aliphatic carbocycles. The van der Waals surface area contributed by atoms with Crippen molar-refractivity contribution in [3.8, 4) is 12.3 Å². The number of hydrogen-bond acceptors (Lipinski definition) is 3. The first-order valence-corrected chi connectivity index (χ1v) is 5.24. The SMILES string of the molecule is C#CCCCC(NN)c1ccsc1. The Balaban J connectivity index is 2.41. The van der Waals surface area contributed by atoms with Crippen molar-refractivity contribution in [2.24, 2.45) is 5.84 Å². The van der Waals surface area contributed by atoms with Gasteiger partial charge in [-0.15, -0.1) is 12.3 Å². The number of rotatable bonds is 5. The summed E-state index contributed by atoms with van der Waals surface area (Å²) in [4.78, 5) is 0. The Hall–Kier alpha value is -0.820. The molecule has 0 aliphatic heterocycles. The van der Waals surface area contributed by atoms with E-state index in [4.69, 9.17) is 12.3 Å². The second kappa shape index (κ2) is 5.76. The van der Waals surface area contributed by atoms with E-state index in [1.807, 2.05) is 0 Å². The van der Waals surface area contributed by atoms with Gasteiger partial charge in [0, 0.05) is 12.5 Å². The number of nitrogens with two attached hydrogens (primary N) is 1. The molecular formula is C10H14N2S. The molecule has 0 aliphatic rings. The lowest BCUT2D eigenvalue weighted by atomic mass is 10.1. The lowest BCUT2D eigenvalue weighted by molar-refractivity contribution is 0.504. The van der Waals surface area contributed by atoms with Crippen molar-refractivity contribution in [3.63, 3.8) is 0 Å². The van der Waals surface area contributed by atoms with Crippen LogP contribution in [0.4, 0.5) is 0 Å². The van der Waals surface area contributed by atoms with Crippen LogP contribution in [0.1, 0.15) is 30.9 Å². The molecule has 13 heavy (non-hydrogen) atoms. The largest absolute Gasteiger partial charge is 0.271 e. The summed E-state index contributed by atoms with van der Waals surface area (Å²) in [5, 5.41) is 4.17. The number of nitrogens with one attached hydrogen (secondary N) is 1. The molecule has 3 N–H and O–H groups in total. The first kappa shape index (κ1) is 10.3. The fourth-order valence-electron chi connectivity index (χ4n) is 1.23. The van der Waals surface area contributed by atoms with Crippen molar-refractivity contribution < 1.29 is 0 Å². The minimum atomic E-state index is 0.250. The molecule has 2 nitrogen and oxygen atoms in total. The number of thiophene rings is 1. The molecule has 0 bridgehead atoms. The van der Waals surface area contributed by atoms with Crippen LogP contribution in [0.2, 0.25) is 0 Å². The van der Waals surface area contributed by atoms with Crippen LogP contribution in [-0.4, -0.2) is 0 Å². The first-order chi connectivity index (χ1) is 6.38. The Bertz CT molecular complexity index is 261. The van der Waals surface area contributed by atoms with E-state index in [9.17, 15) is 0 Å². The summed E-state index contributed by atoms with van der Waals surface area (Å²) in [5.74, 6) is 8.08. The average Bonchev–Trinajstić information content (AvgIpc) is 2.65. The van der Waals surface area contributed by atoms with E-state index in [0.717, 1.165) is 19.3 Å². The summed E-state index contributed by atoms with van der Waals surface area (Å²) >= 11 is 1.69. The van der Waals surface area contributed by atoms with Gasteiger partial charge < -0.3 is 0 Å². The van der Waals surface area contributed by atoms with Gasteiger partial charge in [0.15, 0.2) is 0 Å². The van der Waals surface area contributed by atoms with Gasteiger partial charge in [-0.05, 0) is 35.2 Å². The molecule has 1 atom stereocenters. The fourth-order valence-corrected chi connectivity index (χ4v) is 1.94. The van der Waals surface area contributed by atoms with Crippen molar-refractivity contribution in [3.05, 3.63) is 22.4 Å². The molecule has 0 fully saturated rings. The molecule has 0 aromatic carbocycles. The molecule has 3 heteroatoms. The van der Waals surface area contributed by atoms with Gasteiger partial charge in [0.05, 0.1) is 0 Å². The third kappa shape index (κ3) is 3.19. The van der Waals surface area contributed by atoms with E-state index in [0.29, 0.717) is 0 Å². The van der Waals surface area contributed by atoms with Crippen molar-refractivity contribution in [2.45, 2.75) is 25.3 Å². The van der Waals surface area contributed by atoms with Crippen molar-refractivity contribution >= 4 is 11.3 Å². The van der Waals surface area contributed by atoms with Crippen LogP contribution >= 0.6 is 11.3 Å². The Morgan fingerprint density at radius 1 is 1.69 bits per heavy atom. The number of hydrogen-bond donors (Lipinski definition) is 2. The van der Waals surface area contributed by atoms with Crippen LogP contribution in [0, 0.1) is 12.3 Å². The zero-order valence-electron chi connectivity index (χ0n) is 7.49. The first-order valence-electron chi connectivity index (χ1n) is 4.30. The highest BCUT2D eigenvalue weighted by atomic mass is 32.1. The van der Waals surface area contributed by atoms with Gasteiger partial charge in [0.2, 0.25) is 0 Å². The number of terminal acetylenes is 1. The van der Waals surface area contributed by atoms with Crippen LogP contribution in [0.5, 0.6) is 0 Å². The fraction of sp³-hybridized carbons (Fsp3) is 0.400. The minimum Gasteiger partial charge on any atom is -0.271 e. The molecule has 0 spiro atoms. The summed E-state index contributed by atoms with van der Waals surface area (Å²) in [6.45, 7) is 0. The standard InChI is InChI=1S/C10H14N2S/c1-2-3-4-5-10(12-11)9-6-7-13-8-9/h1,6-8,10,12H,3-5,11H2. The maximum atomic E-state index is 5.45. The summed E-state index contributed by atoms with van der Waals surface area (Å²) in [7, 11) is 0. The van der Waals surface area contributed by atoms with Gasteiger partial charge in [-0.25, -0.2) is 0 Å². The highest BCUT2D eigenvalue weighted by Gasteiger charge is 2.08. The van der Waals surface area contributed by atoms with E-state index in [-0.39, 0.29) is 6.04 Å². The third-order valence-corrected chi connectivity index (χ3v) is 2.66. The van der Waals surface area contributed by atoms with Gasteiger partial charge in [0.1, 0.15) is 0 Å². The molecule has 0 saturated heterocycles. The van der Waals surface area contributed by atoms with E-state index in [1.54, 1.807) is 11.3 Å². The Morgan fingerprint density at radius 3 is 3.08 bits per heavy atom. The van der Waals surface area contributed by atoms with Crippen LogP contribution in [0.25, 0.3) is 0 Å². The summed E-state index contributed by atoms with van der Waals surface area (Å²) < 4.78 is 0. The lowest BCUT2D eigenvalue weighted by Crippen LogP contribution is -2.27. The summed E-state index contributed by atoms with van der Waals surface area (Å²) in [6.07, 6.45) is 8.01. The second-order valence-electron chi connectivity index (χ2n) is 2.87. The number of unbranched alkanes of at least 4 members (excludes halogenated alkanes) is 1. The smallest absolute Gasteiger partial charge is 0.0468 e. The molecule has 70 valence electrons. The predicted octanol–water partition coefficient (Wildman–Crippen LogP) is 2.06. The van der Waals surface area contributed by atoms with E-state index in [1.165, 1.54) is 5.56 Å². The van der Waals surface area contributed by atoms with Gasteiger partial charge in [-0.2, -0.15) is 11.3 Å². The summed E-state index contributed by atoms with van der Waals surface area (Å²) in [6, 6.07) is 2.34. The zero-order chi connectivity index (χ0) is 9.52. The van der Waals surface area contributed by atoms with Crippen LogP contribution in [-0.2, 0) is 0 Å². The molecule has 1 aromatic rings. The minimum absolute atomic E-state index is 0.250. The maximum absolute atomic E-state index is 5.45. The molecule has 0 amide bonds. The molecule has 1 aromatic heterocycles. The van der Waals surface area contributed by atoms with Gasteiger partial charge >= 0.3 is 0 Å². The topological polar surface area (TPSA) is 38.0 Å².